The molecule has 0 saturated heterocycles. The summed E-state index contributed by atoms with van der Waals surface area (Å²) in [4.78, 5) is 14.7. The van der Waals surface area contributed by atoms with Gasteiger partial charge in [-0.25, -0.2) is 14.2 Å². The lowest BCUT2D eigenvalue weighted by atomic mass is 10.2. The van der Waals surface area contributed by atoms with Crippen LogP contribution in [0, 0.1) is 5.82 Å². The van der Waals surface area contributed by atoms with Crippen molar-refractivity contribution in [3.05, 3.63) is 23.1 Å². The molecule has 0 aromatic carbocycles. The van der Waals surface area contributed by atoms with Gasteiger partial charge in [-0.3, -0.25) is 0 Å². The first kappa shape index (κ1) is 15.5. The number of halogens is 5. The number of nitrogens with zero attached hydrogens (tertiary/aromatic N) is 1. The molecule has 0 fully saturated rings. The highest BCUT2D eigenvalue weighted by atomic mass is 35.5. The average molecular weight is 302 g/mol. The molecule has 0 aliphatic rings. The molecule has 0 aliphatic carbocycles. The molecule has 1 heterocycles. The lowest BCUT2D eigenvalue weighted by Gasteiger charge is -2.11. The molecule has 1 rings (SSSR count). The Bertz CT molecular complexity index is 479. The molecule has 0 N–H and O–H groups in total. The van der Waals surface area contributed by atoms with Crippen LogP contribution < -0.4 is 4.74 Å². The summed E-state index contributed by atoms with van der Waals surface area (Å²) in [6.45, 7) is 1.53. The number of alkyl halides is 4. The van der Waals surface area contributed by atoms with E-state index in [4.69, 9.17) is 11.6 Å². The van der Waals surface area contributed by atoms with Crippen molar-refractivity contribution in [3.63, 3.8) is 0 Å². The molecular formula is C10H8ClF4NO3. The van der Waals surface area contributed by atoms with Crippen LogP contribution in [0.15, 0.2) is 6.07 Å². The Labute approximate surface area is 110 Å². The number of esters is 1. The Morgan fingerprint density at radius 3 is 2.58 bits per heavy atom. The topological polar surface area (TPSA) is 48.4 Å². The first-order chi connectivity index (χ1) is 8.78. The van der Waals surface area contributed by atoms with Crippen molar-refractivity contribution in [2.45, 2.75) is 19.2 Å². The normalized spacial score (nSPS) is 11.3. The highest BCUT2D eigenvalue weighted by Gasteiger charge is 2.34. The van der Waals surface area contributed by atoms with E-state index in [9.17, 15) is 22.4 Å². The van der Waals surface area contributed by atoms with E-state index in [2.05, 4.69) is 14.5 Å². The van der Waals surface area contributed by atoms with Gasteiger partial charge in [-0.05, 0) is 13.0 Å². The number of aromatic nitrogens is 1. The number of rotatable bonds is 4. The fourth-order valence-electron chi connectivity index (χ4n) is 1.18. The lowest BCUT2D eigenvalue weighted by molar-refractivity contribution is -0.277. The van der Waals surface area contributed by atoms with Gasteiger partial charge in [0.1, 0.15) is 0 Å². The zero-order valence-electron chi connectivity index (χ0n) is 9.55. The molecule has 19 heavy (non-hydrogen) atoms. The van der Waals surface area contributed by atoms with Crippen LogP contribution in [-0.4, -0.2) is 23.9 Å². The van der Waals surface area contributed by atoms with Gasteiger partial charge in [-0.2, -0.15) is 0 Å². The summed E-state index contributed by atoms with van der Waals surface area (Å²) in [7, 11) is 0. The van der Waals surface area contributed by atoms with Gasteiger partial charge >= 0.3 is 12.3 Å². The number of carbonyl (C=O) groups excluding carboxylic acids is 1. The van der Waals surface area contributed by atoms with Crippen LogP contribution in [0.2, 0.25) is 0 Å². The monoisotopic (exact) mass is 301 g/mol. The van der Waals surface area contributed by atoms with Gasteiger partial charge in [0, 0.05) is 0 Å². The maximum Gasteiger partial charge on any atom is 0.574 e. The van der Waals surface area contributed by atoms with Crippen LogP contribution in [0.25, 0.3) is 0 Å². The van der Waals surface area contributed by atoms with Gasteiger partial charge in [-0.1, -0.05) is 0 Å². The van der Waals surface area contributed by atoms with Crippen molar-refractivity contribution in [1.82, 2.24) is 4.98 Å². The molecule has 0 spiro atoms. The highest BCUT2D eigenvalue weighted by molar-refractivity contribution is 6.17. The largest absolute Gasteiger partial charge is 0.574 e. The van der Waals surface area contributed by atoms with Crippen molar-refractivity contribution in [2.75, 3.05) is 6.61 Å². The van der Waals surface area contributed by atoms with Crippen LogP contribution in [0.5, 0.6) is 5.88 Å². The molecule has 0 atom stereocenters. The van der Waals surface area contributed by atoms with E-state index in [0.717, 1.165) is 0 Å². The third kappa shape index (κ3) is 4.23. The van der Waals surface area contributed by atoms with Gasteiger partial charge in [0.25, 0.3) is 5.88 Å². The predicted octanol–water partition coefficient (Wildman–Crippen LogP) is 3.03. The summed E-state index contributed by atoms with van der Waals surface area (Å²) >= 11 is 5.44. The van der Waals surface area contributed by atoms with Crippen LogP contribution in [0.1, 0.15) is 23.0 Å². The van der Waals surface area contributed by atoms with E-state index in [0.29, 0.717) is 6.07 Å². The number of ether oxygens (including phenoxy) is 2. The quantitative estimate of drug-likeness (QED) is 0.487. The van der Waals surface area contributed by atoms with Crippen molar-refractivity contribution in [2.24, 2.45) is 0 Å². The minimum atomic E-state index is -5.09. The van der Waals surface area contributed by atoms with Crippen molar-refractivity contribution in [3.8, 4) is 5.88 Å². The van der Waals surface area contributed by atoms with E-state index in [-0.39, 0.29) is 17.9 Å². The smallest absolute Gasteiger partial charge is 0.462 e. The molecule has 106 valence electrons. The molecule has 0 amide bonds. The molecule has 0 aliphatic heterocycles. The average Bonchev–Trinajstić information content (AvgIpc) is 2.29. The Kier molecular flexibility index (Phi) is 4.93. The zero-order valence-corrected chi connectivity index (χ0v) is 10.3. The van der Waals surface area contributed by atoms with E-state index in [1.54, 1.807) is 0 Å². The second-order valence-corrected chi connectivity index (χ2v) is 3.44. The molecule has 9 heteroatoms. The maximum atomic E-state index is 13.4. The lowest BCUT2D eigenvalue weighted by Crippen LogP contribution is -2.20. The number of hydrogen-bond acceptors (Lipinski definition) is 4. The summed E-state index contributed by atoms with van der Waals surface area (Å²) in [6.07, 6.45) is -5.09. The van der Waals surface area contributed by atoms with Gasteiger partial charge in [-0.15, -0.1) is 24.8 Å². The van der Waals surface area contributed by atoms with Crippen molar-refractivity contribution >= 4 is 17.6 Å². The first-order valence-corrected chi connectivity index (χ1v) is 5.50. The molecule has 0 saturated carbocycles. The van der Waals surface area contributed by atoms with Crippen LogP contribution in [-0.2, 0) is 10.6 Å². The zero-order chi connectivity index (χ0) is 14.6. The van der Waals surface area contributed by atoms with Crippen LogP contribution >= 0.6 is 11.6 Å². The third-order valence-corrected chi connectivity index (χ3v) is 2.11. The van der Waals surface area contributed by atoms with Crippen LogP contribution in [0.3, 0.4) is 0 Å². The summed E-state index contributed by atoms with van der Waals surface area (Å²) in [6, 6.07) is 0.545. The van der Waals surface area contributed by atoms with E-state index >= 15 is 0 Å². The Balaban J connectivity index is 3.17. The third-order valence-electron chi connectivity index (χ3n) is 1.86. The molecular weight excluding hydrogens is 294 g/mol. The standard InChI is InChI=1S/C10H8ClF4NO3/c1-2-18-9(17)5-3-6(12)8(16-7(5)4-11)19-10(13,14)15/h3H,2,4H2,1H3. The van der Waals surface area contributed by atoms with E-state index in [1.165, 1.54) is 6.92 Å². The fourth-order valence-corrected chi connectivity index (χ4v) is 1.38. The molecule has 4 nitrogen and oxygen atoms in total. The van der Waals surface area contributed by atoms with Crippen molar-refractivity contribution in [1.29, 1.82) is 0 Å². The number of carbonyl (C=O) groups is 1. The number of pyridine rings is 1. The minimum Gasteiger partial charge on any atom is -0.462 e. The molecule has 0 radical (unpaired) electrons. The maximum absolute atomic E-state index is 13.4. The highest BCUT2D eigenvalue weighted by Crippen LogP contribution is 2.26. The van der Waals surface area contributed by atoms with Crippen molar-refractivity contribution < 1.29 is 31.8 Å². The van der Waals surface area contributed by atoms with E-state index in [1.807, 2.05) is 0 Å². The summed E-state index contributed by atoms with van der Waals surface area (Å²) in [5.41, 5.74) is -0.607. The molecule has 0 unspecified atom stereocenters. The Morgan fingerprint density at radius 2 is 2.11 bits per heavy atom. The molecule has 1 aromatic heterocycles. The summed E-state index contributed by atoms with van der Waals surface area (Å²) in [5, 5.41) is 0. The SMILES string of the molecule is CCOC(=O)c1cc(F)c(OC(F)(F)F)nc1CCl. The predicted molar refractivity (Wildman–Crippen MR) is 56.4 cm³/mol. The fraction of sp³-hybridized carbons (Fsp3) is 0.400. The minimum absolute atomic E-state index is 0.0168. The first-order valence-electron chi connectivity index (χ1n) is 4.96. The van der Waals surface area contributed by atoms with Gasteiger partial charge in [0.05, 0.1) is 23.7 Å². The van der Waals surface area contributed by atoms with Gasteiger partial charge in [0.15, 0.2) is 5.82 Å². The summed E-state index contributed by atoms with van der Waals surface area (Å²) in [5.74, 6) is -4.06. The van der Waals surface area contributed by atoms with Crippen LogP contribution in [0.4, 0.5) is 17.6 Å². The second-order valence-electron chi connectivity index (χ2n) is 3.17. The van der Waals surface area contributed by atoms with Gasteiger partial charge in [0.2, 0.25) is 0 Å². The molecule has 1 aromatic rings. The number of hydrogen-bond donors (Lipinski definition) is 0. The Hall–Kier alpha value is -1.57. The van der Waals surface area contributed by atoms with Gasteiger partial charge < -0.3 is 9.47 Å². The Morgan fingerprint density at radius 1 is 1.47 bits per heavy atom. The molecule has 0 bridgehead atoms. The second kappa shape index (κ2) is 6.05. The van der Waals surface area contributed by atoms with E-state index < -0.39 is 29.9 Å². The summed E-state index contributed by atoms with van der Waals surface area (Å²) < 4.78 is 57.3.